The molecule has 0 saturated carbocycles. The molecule has 3 rings (SSSR count). The lowest BCUT2D eigenvalue weighted by atomic mass is 9.87. The summed E-state index contributed by atoms with van der Waals surface area (Å²) in [6, 6.07) is 10.4. The molecule has 1 aliphatic rings. The number of methoxy groups -OCH3 is 1. The number of carbonyl (C=O) groups excluding carboxylic acids is 3. The zero-order valence-corrected chi connectivity index (χ0v) is 18.3. The molecule has 0 aliphatic carbocycles. The van der Waals surface area contributed by atoms with Gasteiger partial charge in [0.05, 0.1) is 43.0 Å². The second kappa shape index (κ2) is 10.1. The number of hydrogen-bond donors (Lipinski definition) is 0. The number of carbonyl (C=O) groups is 3. The van der Waals surface area contributed by atoms with Crippen molar-refractivity contribution in [3.05, 3.63) is 75.8 Å². The Kier molecular flexibility index (Phi) is 7.25. The molecule has 162 valence electrons. The van der Waals surface area contributed by atoms with E-state index in [-0.39, 0.29) is 13.2 Å². The van der Waals surface area contributed by atoms with Gasteiger partial charge in [0.1, 0.15) is 0 Å². The highest BCUT2D eigenvalue weighted by Crippen LogP contribution is 2.40. The highest BCUT2D eigenvalue weighted by Gasteiger charge is 2.36. The fourth-order valence-electron chi connectivity index (χ4n) is 3.22. The summed E-state index contributed by atoms with van der Waals surface area (Å²) in [4.78, 5) is 39.9. The van der Waals surface area contributed by atoms with Crippen LogP contribution >= 0.6 is 11.3 Å². The van der Waals surface area contributed by atoms with Crippen molar-refractivity contribution < 1.29 is 28.6 Å². The van der Waals surface area contributed by atoms with E-state index in [1.54, 1.807) is 55.4 Å². The fraction of sp³-hybridized carbons (Fsp3) is 0.261. The third kappa shape index (κ3) is 4.86. The number of nitrogens with zero attached hydrogens (tertiary/aromatic N) is 1. The van der Waals surface area contributed by atoms with E-state index in [1.165, 1.54) is 18.4 Å². The molecule has 0 saturated heterocycles. The van der Waals surface area contributed by atoms with Crippen LogP contribution in [0.3, 0.4) is 0 Å². The summed E-state index contributed by atoms with van der Waals surface area (Å²) < 4.78 is 15.3. The highest BCUT2D eigenvalue weighted by atomic mass is 32.1. The van der Waals surface area contributed by atoms with Gasteiger partial charge in [0.15, 0.2) is 0 Å². The average molecular weight is 442 g/mol. The average Bonchev–Trinajstić information content (AvgIpc) is 3.32. The molecule has 0 fully saturated rings. The summed E-state index contributed by atoms with van der Waals surface area (Å²) in [6.07, 6.45) is 3.30. The first-order chi connectivity index (χ1) is 15.0. The van der Waals surface area contributed by atoms with Gasteiger partial charge >= 0.3 is 17.9 Å². The molecule has 0 spiro atoms. The van der Waals surface area contributed by atoms with E-state index in [4.69, 9.17) is 14.2 Å². The van der Waals surface area contributed by atoms with Gasteiger partial charge in [-0.3, -0.25) is 0 Å². The monoisotopic (exact) mass is 441 g/mol. The Bertz CT molecular complexity index is 971. The van der Waals surface area contributed by atoms with Crippen molar-refractivity contribution in [2.45, 2.75) is 19.8 Å². The van der Waals surface area contributed by atoms with E-state index >= 15 is 0 Å². The molecule has 0 radical (unpaired) electrons. The Morgan fingerprint density at radius 2 is 1.48 bits per heavy atom. The zero-order valence-electron chi connectivity index (χ0n) is 17.5. The van der Waals surface area contributed by atoms with Gasteiger partial charge in [-0.25, -0.2) is 14.4 Å². The molecule has 1 aromatic heterocycles. The molecule has 0 N–H and O–H groups in total. The second-order valence-corrected chi connectivity index (χ2v) is 7.48. The summed E-state index contributed by atoms with van der Waals surface area (Å²) in [6.45, 7) is 3.87. The molecule has 0 bridgehead atoms. The van der Waals surface area contributed by atoms with Gasteiger partial charge in [0, 0.05) is 23.0 Å². The van der Waals surface area contributed by atoms with Crippen molar-refractivity contribution in [3.8, 4) is 0 Å². The molecular formula is C23H23NO6S. The van der Waals surface area contributed by atoms with E-state index in [1.807, 2.05) is 17.5 Å². The Balaban J connectivity index is 2.09. The molecular weight excluding hydrogens is 418 g/mol. The standard InChI is InChI=1S/C23H23NO6S/c1-4-29-22(26)17-13-24(16-10-8-15(9-11-16)21(25)28-3)14-18(23(27)30-5-2)20(17)19-7-6-12-31-19/h6-14,20H,4-5H2,1-3H3. The quantitative estimate of drug-likeness (QED) is 0.474. The normalized spacial score (nSPS) is 13.8. The van der Waals surface area contributed by atoms with E-state index in [0.29, 0.717) is 22.4 Å². The van der Waals surface area contributed by atoms with Gasteiger partial charge in [-0.2, -0.15) is 0 Å². The first-order valence-electron chi connectivity index (χ1n) is 9.77. The number of benzene rings is 1. The maximum Gasteiger partial charge on any atom is 0.337 e. The first-order valence-corrected chi connectivity index (χ1v) is 10.7. The summed E-state index contributed by atoms with van der Waals surface area (Å²) in [5.41, 5.74) is 1.70. The molecule has 7 nitrogen and oxygen atoms in total. The maximum absolute atomic E-state index is 12.8. The van der Waals surface area contributed by atoms with Crippen LogP contribution in [0.2, 0.25) is 0 Å². The van der Waals surface area contributed by atoms with E-state index < -0.39 is 23.8 Å². The minimum absolute atomic E-state index is 0.208. The van der Waals surface area contributed by atoms with Crippen LogP contribution in [0.5, 0.6) is 0 Å². The van der Waals surface area contributed by atoms with Crippen LogP contribution in [0.4, 0.5) is 5.69 Å². The van der Waals surface area contributed by atoms with Crippen LogP contribution in [-0.4, -0.2) is 38.2 Å². The van der Waals surface area contributed by atoms with Crippen molar-refractivity contribution >= 4 is 34.9 Å². The SMILES string of the molecule is CCOC(=O)C1=CN(c2ccc(C(=O)OC)cc2)C=C(C(=O)OCC)C1c1cccs1. The predicted octanol–water partition coefficient (Wildman–Crippen LogP) is 4.03. The highest BCUT2D eigenvalue weighted by molar-refractivity contribution is 7.10. The molecule has 31 heavy (non-hydrogen) atoms. The molecule has 0 unspecified atom stereocenters. The van der Waals surface area contributed by atoms with Gasteiger partial charge < -0.3 is 19.1 Å². The summed E-state index contributed by atoms with van der Waals surface area (Å²) in [5.74, 6) is -2.06. The number of anilines is 1. The van der Waals surface area contributed by atoms with Gasteiger partial charge in [0.25, 0.3) is 0 Å². The van der Waals surface area contributed by atoms with Crippen LogP contribution in [-0.2, 0) is 23.8 Å². The van der Waals surface area contributed by atoms with E-state index in [9.17, 15) is 14.4 Å². The van der Waals surface area contributed by atoms with Crippen molar-refractivity contribution in [1.29, 1.82) is 0 Å². The predicted molar refractivity (Wildman–Crippen MR) is 117 cm³/mol. The van der Waals surface area contributed by atoms with Crippen molar-refractivity contribution in [1.82, 2.24) is 0 Å². The molecule has 1 aliphatic heterocycles. The van der Waals surface area contributed by atoms with Crippen molar-refractivity contribution in [3.63, 3.8) is 0 Å². The lowest BCUT2D eigenvalue weighted by Crippen LogP contribution is -2.29. The van der Waals surface area contributed by atoms with E-state index in [2.05, 4.69) is 0 Å². The van der Waals surface area contributed by atoms with Crippen LogP contribution in [0.15, 0.2) is 65.3 Å². The second-order valence-electron chi connectivity index (χ2n) is 6.50. The smallest absolute Gasteiger partial charge is 0.337 e. The first kappa shape index (κ1) is 22.3. The molecule has 0 amide bonds. The molecule has 2 aromatic rings. The van der Waals surface area contributed by atoms with Gasteiger partial charge in [-0.05, 0) is 49.6 Å². The van der Waals surface area contributed by atoms with Gasteiger partial charge in [-0.15, -0.1) is 11.3 Å². The Morgan fingerprint density at radius 3 is 1.94 bits per heavy atom. The number of esters is 3. The third-order valence-electron chi connectivity index (χ3n) is 4.61. The zero-order chi connectivity index (χ0) is 22.4. The van der Waals surface area contributed by atoms with E-state index in [0.717, 1.165) is 4.88 Å². The number of ether oxygens (including phenoxy) is 3. The topological polar surface area (TPSA) is 82.1 Å². The van der Waals surface area contributed by atoms with Crippen LogP contribution < -0.4 is 4.90 Å². The van der Waals surface area contributed by atoms with Crippen LogP contribution in [0.25, 0.3) is 0 Å². The fourth-order valence-corrected chi connectivity index (χ4v) is 4.08. The molecule has 2 heterocycles. The lowest BCUT2D eigenvalue weighted by Gasteiger charge is -2.29. The molecule has 8 heteroatoms. The van der Waals surface area contributed by atoms with Crippen LogP contribution in [0, 0.1) is 0 Å². The number of rotatable bonds is 7. The lowest BCUT2D eigenvalue weighted by molar-refractivity contribution is -0.139. The minimum Gasteiger partial charge on any atom is -0.465 e. The Labute approximate surface area is 184 Å². The van der Waals surface area contributed by atoms with Crippen LogP contribution in [0.1, 0.15) is 35.0 Å². The van der Waals surface area contributed by atoms with Crippen molar-refractivity contribution in [2.75, 3.05) is 25.2 Å². The maximum atomic E-state index is 12.8. The van der Waals surface area contributed by atoms with Gasteiger partial charge in [0.2, 0.25) is 0 Å². The number of hydrogen-bond acceptors (Lipinski definition) is 8. The minimum atomic E-state index is -0.594. The summed E-state index contributed by atoms with van der Waals surface area (Å²) in [7, 11) is 1.31. The molecule has 1 aromatic carbocycles. The van der Waals surface area contributed by atoms with Gasteiger partial charge in [-0.1, -0.05) is 6.07 Å². The molecule has 0 atom stereocenters. The third-order valence-corrected chi connectivity index (χ3v) is 5.55. The Hall–Kier alpha value is -3.39. The summed E-state index contributed by atoms with van der Waals surface area (Å²) in [5, 5.41) is 1.89. The van der Waals surface area contributed by atoms with Crippen molar-refractivity contribution in [2.24, 2.45) is 0 Å². The number of thiophene rings is 1. The Morgan fingerprint density at radius 1 is 0.903 bits per heavy atom. The largest absolute Gasteiger partial charge is 0.465 e. The summed E-state index contributed by atoms with van der Waals surface area (Å²) >= 11 is 1.45.